The number of aromatic nitrogens is 1. The molecule has 0 atom stereocenters. The van der Waals surface area contributed by atoms with Gasteiger partial charge in [-0.15, -0.1) is 0 Å². The minimum Gasteiger partial charge on any atom is -0.380 e. The van der Waals surface area contributed by atoms with Gasteiger partial charge in [0.15, 0.2) is 0 Å². The largest absolute Gasteiger partial charge is 0.380 e. The van der Waals surface area contributed by atoms with Crippen LogP contribution in [0.4, 0.5) is 10.1 Å². The second kappa shape index (κ2) is 7.43. The number of amides is 1. The van der Waals surface area contributed by atoms with Crippen LogP contribution in [-0.4, -0.2) is 34.9 Å². The van der Waals surface area contributed by atoms with Gasteiger partial charge in [-0.1, -0.05) is 37.3 Å². The van der Waals surface area contributed by atoms with Crippen molar-refractivity contribution >= 4 is 22.5 Å². The van der Waals surface area contributed by atoms with E-state index in [0.29, 0.717) is 6.42 Å². The highest BCUT2D eigenvalue weighted by atomic mass is 19.1. The lowest BCUT2D eigenvalue weighted by Crippen LogP contribution is -2.42. The first kappa shape index (κ1) is 17.6. The smallest absolute Gasteiger partial charge is 0.222 e. The van der Waals surface area contributed by atoms with Crippen molar-refractivity contribution in [3.63, 3.8) is 0 Å². The number of benzene rings is 2. The molecule has 2 N–H and O–H groups in total. The van der Waals surface area contributed by atoms with Crippen LogP contribution in [0.1, 0.15) is 26.2 Å². The summed E-state index contributed by atoms with van der Waals surface area (Å²) in [6.45, 7) is 3.40. The third kappa shape index (κ3) is 3.68. The molecule has 1 saturated heterocycles. The number of H-pyrrole nitrogens is 1. The third-order valence-electron chi connectivity index (χ3n) is 5.29. The standard InChI is InChI=1S/C22H24FN3O/c1-2-21(27)26-10-8-18(9-11-26)24-20-14-17(23)12-16-13-19(25-22(16)20)15-6-4-3-5-7-15/h3-7,12-14,18,24-25H,2,8-11H2,1H3. The molecular formula is C22H24FN3O. The van der Waals surface area contributed by atoms with Crippen LogP contribution >= 0.6 is 0 Å². The Morgan fingerprint density at radius 1 is 1.19 bits per heavy atom. The van der Waals surface area contributed by atoms with Crippen molar-refractivity contribution in [3.05, 3.63) is 54.3 Å². The summed E-state index contributed by atoms with van der Waals surface area (Å²) < 4.78 is 14.2. The number of halogens is 1. The van der Waals surface area contributed by atoms with Crippen molar-refractivity contribution in [3.8, 4) is 11.3 Å². The second-order valence-electron chi connectivity index (χ2n) is 7.12. The minimum absolute atomic E-state index is 0.207. The molecule has 2 heterocycles. The van der Waals surface area contributed by atoms with Crippen LogP contribution in [-0.2, 0) is 4.79 Å². The third-order valence-corrected chi connectivity index (χ3v) is 5.29. The number of carbonyl (C=O) groups excluding carboxylic acids is 1. The molecule has 0 bridgehead atoms. The van der Waals surface area contributed by atoms with Crippen molar-refractivity contribution in [2.24, 2.45) is 0 Å². The van der Waals surface area contributed by atoms with Crippen LogP contribution in [0.3, 0.4) is 0 Å². The fourth-order valence-corrected chi connectivity index (χ4v) is 3.81. The molecular weight excluding hydrogens is 341 g/mol. The van der Waals surface area contributed by atoms with E-state index >= 15 is 0 Å². The summed E-state index contributed by atoms with van der Waals surface area (Å²) in [5, 5.41) is 4.35. The average Bonchev–Trinajstić information content (AvgIpc) is 3.13. The number of piperidine rings is 1. The van der Waals surface area contributed by atoms with Crippen molar-refractivity contribution in [2.45, 2.75) is 32.2 Å². The molecule has 27 heavy (non-hydrogen) atoms. The van der Waals surface area contributed by atoms with Crippen LogP contribution < -0.4 is 5.32 Å². The van der Waals surface area contributed by atoms with Crippen molar-refractivity contribution in [1.82, 2.24) is 9.88 Å². The van der Waals surface area contributed by atoms with Gasteiger partial charge >= 0.3 is 0 Å². The van der Waals surface area contributed by atoms with Gasteiger partial charge in [0.2, 0.25) is 5.91 Å². The summed E-state index contributed by atoms with van der Waals surface area (Å²) in [4.78, 5) is 17.2. The highest BCUT2D eigenvalue weighted by Gasteiger charge is 2.22. The molecule has 5 heteroatoms. The maximum Gasteiger partial charge on any atom is 0.222 e. The lowest BCUT2D eigenvalue weighted by atomic mass is 10.0. The lowest BCUT2D eigenvalue weighted by molar-refractivity contribution is -0.131. The van der Waals surface area contributed by atoms with Crippen LogP contribution in [0.2, 0.25) is 0 Å². The fourth-order valence-electron chi connectivity index (χ4n) is 3.81. The number of rotatable bonds is 4. The number of hydrogen-bond donors (Lipinski definition) is 2. The van der Waals surface area contributed by atoms with E-state index < -0.39 is 0 Å². The predicted molar refractivity (Wildman–Crippen MR) is 107 cm³/mol. The molecule has 1 aromatic heterocycles. The Kier molecular flexibility index (Phi) is 4.84. The van der Waals surface area contributed by atoms with Gasteiger partial charge in [0.1, 0.15) is 5.82 Å². The number of nitrogens with one attached hydrogen (secondary N) is 2. The molecule has 0 saturated carbocycles. The van der Waals surface area contributed by atoms with E-state index in [1.807, 2.05) is 48.2 Å². The van der Waals surface area contributed by atoms with Crippen LogP contribution in [0.15, 0.2) is 48.5 Å². The van der Waals surface area contributed by atoms with E-state index in [2.05, 4.69) is 10.3 Å². The number of carbonyl (C=O) groups is 1. The van der Waals surface area contributed by atoms with Gasteiger partial charge in [-0.2, -0.15) is 0 Å². The van der Waals surface area contributed by atoms with Crippen molar-refractivity contribution in [1.29, 1.82) is 0 Å². The normalized spacial score (nSPS) is 15.3. The van der Waals surface area contributed by atoms with E-state index in [1.165, 1.54) is 0 Å². The maximum atomic E-state index is 14.2. The Balaban J connectivity index is 1.57. The Bertz CT molecular complexity index is 943. The molecule has 0 unspecified atom stereocenters. The Hall–Kier alpha value is -2.82. The van der Waals surface area contributed by atoms with Crippen LogP contribution in [0, 0.1) is 5.82 Å². The number of aromatic amines is 1. The molecule has 1 amide bonds. The van der Waals surface area contributed by atoms with E-state index in [1.54, 1.807) is 12.1 Å². The van der Waals surface area contributed by atoms with E-state index in [0.717, 1.165) is 53.8 Å². The van der Waals surface area contributed by atoms with Gasteiger partial charge in [0.25, 0.3) is 0 Å². The van der Waals surface area contributed by atoms with Gasteiger partial charge in [0, 0.05) is 36.6 Å². The molecule has 1 fully saturated rings. The molecule has 2 aromatic carbocycles. The number of fused-ring (bicyclic) bond motifs is 1. The second-order valence-corrected chi connectivity index (χ2v) is 7.12. The lowest BCUT2D eigenvalue weighted by Gasteiger charge is -2.33. The Labute approximate surface area is 158 Å². The average molecular weight is 365 g/mol. The summed E-state index contributed by atoms with van der Waals surface area (Å²) in [7, 11) is 0. The Morgan fingerprint density at radius 3 is 2.63 bits per heavy atom. The molecule has 0 spiro atoms. The summed E-state index contributed by atoms with van der Waals surface area (Å²) >= 11 is 0. The van der Waals surface area contributed by atoms with Gasteiger partial charge in [0.05, 0.1) is 11.2 Å². The van der Waals surface area contributed by atoms with E-state index in [-0.39, 0.29) is 17.8 Å². The zero-order chi connectivity index (χ0) is 18.8. The molecule has 4 rings (SSSR count). The monoisotopic (exact) mass is 365 g/mol. The topological polar surface area (TPSA) is 48.1 Å². The van der Waals surface area contributed by atoms with E-state index in [4.69, 9.17) is 0 Å². The van der Waals surface area contributed by atoms with Gasteiger partial charge in [-0.25, -0.2) is 4.39 Å². The van der Waals surface area contributed by atoms with E-state index in [9.17, 15) is 9.18 Å². The molecule has 0 radical (unpaired) electrons. The molecule has 1 aliphatic rings. The predicted octanol–water partition coefficient (Wildman–Crippen LogP) is 4.79. The SMILES string of the molecule is CCC(=O)N1CCC(Nc2cc(F)cc3cc(-c4ccccc4)[nH]c23)CC1. The molecule has 0 aliphatic carbocycles. The first-order valence-electron chi connectivity index (χ1n) is 9.56. The maximum absolute atomic E-state index is 14.2. The van der Waals surface area contributed by atoms with Crippen LogP contribution in [0.5, 0.6) is 0 Å². The molecule has 4 nitrogen and oxygen atoms in total. The molecule has 140 valence electrons. The van der Waals surface area contributed by atoms with Crippen molar-refractivity contribution < 1.29 is 9.18 Å². The van der Waals surface area contributed by atoms with Gasteiger partial charge in [-0.3, -0.25) is 4.79 Å². The summed E-state index contributed by atoms with van der Waals surface area (Å²) in [5.74, 6) is -0.0410. The molecule has 3 aromatic rings. The zero-order valence-electron chi connectivity index (χ0n) is 15.5. The van der Waals surface area contributed by atoms with Crippen LogP contribution in [0.25, 0.3) is 22.2 Å². The zero-order valence-corrected chi connectivity index (χ0v) is 15.5. The number of nitrogens with zero attached hydrogens (tertiary/aromatic N) is 1. The van der Waals surface area contributed by atoms with Gasteiger partial charge in [-0.05, 0) is 36.6 Å². The number of likely N-dealkylation sites (tertiary alicyclic amines) is 1. The highest BCUT2D eigenvalue weighted by molar-refractivity contribution is 5.95. The highest BCUT2D eigenvalue weighted by Crippen LogP contribution is 2.31. The first-order valence-corrected chi connectivity index (χ1v) is 9.56. The summed E-state index contributed by atoms with van der Waals surface area (Å²) in [6, 6.07) is 15.4. The summed E-state index contributed by atoms with van der Waals surface area (Å²) in [5.41, 5.74) is 3.75. The fraction of sp³-hybridized carbons (Fsp3) is 0.318. The van der Waals surface area contributed by atoms with Crippen molar-refractivity contribution in [2.75, 3.05) is 18.4 Å². The quantitative estimate of drug-likeness (QED) is 0.698. The van der Waals surface area contributed by atoms with Gasteiger partial charge < -0.3 is 15.2 Å². The first-order chi connectivity index (χ1) is 13.1. The Morgan fingerprint density at radius 2 is 1.93 bits per heavy atom. The minimum atomic E-state index is -0.248. The molecule has 1 aliphatic heterocycles. The summed E-state index contributed by atoms with van der Waals surface area (Å²) in [6.07, 6.45) is 2.29. The number of hydrogen-bond acceptors (Lipinski definition) is 2. The number of anilines is 1.